The maximum absolute atomic E-state index is 5.59. The molecule has 228 valence electrons. The summed E-state index contributed by atoms with van der Waals surface area (Å²) in [5.41, 5.74) is 9.79. The molecule has 2 atom stereocenters. The Labute approximate surface area is 261 Å². The van der Waals surface area contributed by atoms with E-state index in [-0.39, 0.29) is 0 Å². The maximum Gasteiger partial charge on any atom is 0.134 e. The van der Waals surface area contributed by atoms with E-state index < -0.39 is 0 Å². The van der Waals surface area contributed by atoms with Crippen LogP contribution in [-0.4, -0.2) is 12.2 Å². The molecule has 4 aromatic carbocycles. The van der Waals surface area contributed by atoms with Gasteiger partial charge in [-0.15, -0.1) is 0 Å². The summed E-state index contributed by atoms with van der Waals surface area (Å²) in [6, 6.07) is 29.3. The minimum Gasteiger partial charge on any atom is -0.490 e. The summed E-state index contributed by atoms with van der Waals surface area (Å²) in [5.74, 6) is 4.11. The van der Waals surface area contributed by atoms with Gasteiger partial charge in [0, 0.05) is 23.6 Å². The molecule has 0 N–H and O–H groups in total. The van der Waals surface area contributed by atoms with Crippen LogP contribution in [0.5, 0.6) is 11.5 Å². The summed E-state index contributed by atoms with van der Waals surface area (Å²) in [4.78, 5) is 0. The molecule has 0 aliphatic carbocycles. The molecule has 2 aliphatic rings. The molecule has 0 amide bonds. The minimum absolute atomic E-state index is 0.367. The van der Waals surface area contributed by atoms with E-state index in [1.165, 1.54) is 44.2 Å². The van der Waals surface area contributed by atoms with E-state index in [0.717, 1.165) is 47.0 Å². The Morgan fingerprint density at radius 1 is 0.455 bits per heavy atom. The highest BCUT2D eigenvalue weighted by Gasteiger charge is 2.18. The van der Waals surface area contributed by atoms with E-state index in [9.17, 15) is 0 Å². The molecule has 4 heterocycles. The smallest absolute Gasteiger partial charge is 0.134 e. The fourth-order valence-electron chi connectivity index (χ4n) is 5.63. The Kier molecular flexibility index (Phi) is 9.49. The summed E-state index contributed by atoms with van der Waals surface area (Å²) < 4.78 is 22.0. The van der Waals surface area contributed by atoms with Gasteiger partial charge in [-0.25, -0.2) is 0 Å². The number of fused-ring (bicyclic) bond motifs is 4. The molecule has 4 heteroatoms. The zero-order valence-corrected chi connectivity index (χ0v) is 27.3. The van der Waals surface area contributed by atoms with Crippen LogP contribution in [-0.2, 0) is 12.8 Å². The van der Waals surface area contributed by atoms with Crippen LogP contribution in [0.25, 0.3) is 21.9 Å². The molecule has 6 aromatic rings. The van der Waals surface area contributed by atoms with Crippen molar-refractivity contribution < 1.29 is 18.3 Å². The number of hydrogen-bond acceptors (Lipinski definition) is 4. The highest BCUT2D eigenvalue weighted by molar-refractivity contribution is 5.79. The fraction of sp³-hybridized carbons (Fsp3) is 0.300. The van der Waals surface area contributed by atoms with Crippen molar-refractivity contribution >= 4 is 21.9 Å². The van der Waals surface area contributed by atoms with Crippen LogP contribution in [0.4, 0.5) is 0 Å². The molecule has 4 nitrogen and oxygen atoms in total. The van der Waals surface area contributed by atoms with Crippen LogP contribution < -0.4 is 9.47 Å². The van der Waals surface area contributed by atoms with Gasteiger partial charge in [0.2, 0.25) is 0 Å². The van der Waals surface area contributed by atoms with Gasteiger partial charge in [-0.2, -0.15) is 0 Å². The van der Waals surface area contributed by atoms with Gasteiger partial charge in [-0.05, 0) is 120 Å². The number of benzene rings is 4. The van der Waals surface area contributed by atoms with Gasteiger partial charge in [-0.3, -0.25) is 0 Å². The monoisotopic (exact) mass is 588 g/mol. The Bertz CT molecular complexity index is 1730. The van der Waals surface area contributed by atoms with Crippen molar-refractivity contribution in [2.75, 3.05) is 0 Å². The van der Waals surface area contributed by atoms with Crippen LogP contribution >= 0.6 is 0 Å². The number of ether oxygens (including phenoxy) is 2. The lowest BCUT2D eigenvalue weighted by Gasteiger charge is -2.02. The van der Waals surface area contributed by atoms with Crippen molar-refractivity contribution in [2.24, 2.45) is 0 Å². The molecule has 0 saturated heterocycles. The first kappa shape index (κ1) is 31.0. The topological polar surface area (TPSA) is 44.7 Å². The molecule has 44 heavy (non-hydrogen) atoms. The van der Waals surface area contributed by atoms with Gasteiger partial charge >= 0.3 is 0 Å². The summed E-state index contributed by atoms with van der Waals surface area (Å²) in [6.45, 7) is 16.5. The van der Waals surface area contributed by atoms with E-state index in [1.807, 2.05) is 19.9 Å². The number of furan rings is 2. The van der Waals surface area contributed by atoms with Crippen molar-refractivity contribution in [3.8, 4) is 11.5 Å². The molecule has 0 spiro atoms. The van der Waals surface area contributed by atoms with Crippen molar-refractivity contribution in [3.05, 3.63) is 130 Å². The lowest BCUT2D eigenvalue weighted by atomic mass is 10.1. The predicted molar refractivity (Wildman–Crippen MR) is 181 cm³/mol. The molecule has 2 unspecified atom stereocenters. The minimum atomic E-state index is 0.367. The number of hydrogen-bond donors (Lipinski definition) is 0. The average molecular weight is 589 g/mol. The number of rotatable bonds is 0. The van der Waals surface area contributed by atoms with E-state index in [1.54, 1.807) is 0 Å². The van der Waals surface area contributed by atoms with Gasteiger partial charge in [-0.1, -0.05) is 53.6 Å². The second-order valence-electron chi connectivity index (χ2n) is 12.3. The lowest BCUT2D eigenvalue weighted by Crippen LogP contribution is -2.05. The first-order valence-corrected chi connectivity index (χ1v) is 15.5. The maximum atomic E-state index is 5.59. The first-order chi connectivity index (χ1) is 21.0. The third kappa shape index (κ3) is 7.93. The Hall–Kier alpha value is -4.44. The van der Waals surface area contributed by atoms with Gasteiger partial charge in [0.1, 0.15) is 46.4 Å². The zero-order valence-electron chi connectivity index (χ0n) is 27.3. The van der Waals surface area contributed by atoms with Gasteiger partial charge < -0.3 is 18.3 Å². The molecule has 0 saturated carbocycles. The van der Waals surface area contributed by atoms with E-state index >= 15 is 0 Å². The SMILES string of the molecule is Cc1ccc2c(c1)CC(C)O2.Cc1ccc2c(c1)OC(C)C2.Cc1ccc2cc(C)oc2c1.Cc1ccc2oc(C)cc2c1. The summed E-state index contributed by atoms with van der Waals surface area (Å²) in [7, 11) is 0. The summed E-state index contributed by atoms with van der Waals surface area (Å²) in [5, 5.41) is 2.38. The zero-order chi connectivity index (χ0) is 31.4. The molecular weight excluding hydrogens is 544 g/mol. The Morgan fingerprint density at radius 2 is 1.00 bits per heavy atom. The van der Waals surface area contributed by atoms with Crippen LogP contribution in [0.15, 0.2) is 93.8 Å². The molecule has 2 aliphatic heterocycles. The standard InChI is InChI=1S/C10H12O.C10H10O.C10H12O.C10H10O/c2*1-7-3-4-10-9(5-7)6-8(2)11-10;2*1-7-3-4-9-6-8(2)11-10(9)5-7/h3-5,8H,6H2,1-2H3;3-6H,1-2H3;3-5,8H,6H2,1-2H3;3-6H,1-2H3. The fourth-order valence-corrected chi connectivity index (χ4v) is 5.63. The van der Waals surface area contributed by atoms with Gasteiger partial charge in [0.15, 0.2) is 0 Å². The largest absolute Gasteiger partial charge is 0.490 e. The van der Waals surface area contributed by atoms with E-state index in [0.29, 0.717) is 12.2 Å². The van der Waals surface area contributed by atoms with Crippen molar-refractivity contribution in [1.29, 1.82) is 0 Å². The van der Waals surface area contributed by atoms with Gasteiger partial charge in [0.05, 0.1) is 0 Å². The van der Waals surface area contributed by atoms with E-state index in [4.69, 9.17) is 18.3 Å². The van der Waals surface area contributed by atoms with Crippen molar-refractivity contribution in [2.45, 2.75) is 80.4 Å². The molecular formula is C40H44O4. The number of aryl methyl sites for hydroxylation is 6. The highest BCUT2D eigenvalue weighted by atomic mass is 16.5. The van der Waals surface area contributed by atoms with E-state index in [2.05, 4.69) is 120 Å². The summed E-state index contributed by atoms with van der Waals surface area (Å²) in [6.07, 6.45) is 2.87. The van der Waals surface area contributed by atoms with Gasteiger partial charge in [0.25, 0.3) is 0 Å². The second-order valence-corrected chi connectivity index (χ2v) is 12.3. The third-order valence-electron chi connectivity index (χ3n) is 7.70. The Morgan fingerprint density at radius 3 is 1.77 bits per heavy atom. The highest BCUT2D eigenvalue weighted by Crippen LogP contribution is 2.30. The van der Waals surface area contributed by atoms with Crippen molar-refractivity contribution in [3.63, 3.8) is 0 Å². The van der Waals surface area contributed by atoms with Crippen LogP contribution in [0.1, 0.15) is 58.7 Å². The molecule has 2 aromatic heterocycles. The third-order valence-corrected chi connectivity index (χ3v) is 7.70. The second kappa shape index (κ2) is 13.5. The Balaban J connectivity index is 0.000000116. The van der Waals surface area contributed by atoms with Crippen LogP contribution in [0.2, 0.25) is 0 Å². The summed E-state index contributed by atoms with van der Waals surface area (Å²) >= 11 is 0. The van der Waals surface area contributed by atoms with Crippen LogP contribution in [0.3, 0.4) is 0 Å². The first-order valence-electron chi connectivity index (χ1n) is 15.5. The molecule has 8 rings (SSSR count). The molecule has 0 fully saturated rings. The molecule has 0 bridgehead atoms. The lowest BCUT2D eigenvalue weighted by molar-refractivity contribution is 0.254. The molecule has 0 radical (unpaired) electrons. The quantitative estimate of drug-likeness (QED) is 0.177. The average Bonchev–Trinajstić information content (AvgIpc) is 3.71. The normalized spacial score (nSPS) is 15.9. The predicted octanol–water partition coefficient (Wildman–Crippen LogP) is 10.7. The van der Waals surface area contributed by atoms with Crippen LogP contribution in [0, 0.1) is 41.5 Å². The van der Waals surface area contributed by atoms with Crippen molar-refractivity contribution in [1.82, 2.24) is 0 Å².